The highest BCUT2D eigenvalue weighted by molar-refractivity contribution is 5.98. The van der Waals surface area contributed by atoms with E-state index in [1.165, 1.54) is 5.32 Å². The third-order valence-electron chi connectivity index (χ3n) is 1.86. The van der Waals surface area contributed by atoms with Gasteiger partial charge in [0.05, 0.1) is 5.56 Å². The van der Waals surface area contributed by atoms with Crippen LogP contribution >= 0.6 is 0 Å². The zero-order chi connectivity index (χ0) is 13.2. The van der Waals surface area contributed by atoms with Crippen molar-refractivity contribution in [3.8, 4) is 0 Å². The van der Waals surface area contributed by atoms with E-state index in [0.717, 1.165) is 25.1 Å². The summed E-state index contributed by atoms with van der Waals surface area (Å²) in [5, 5.41) is 1.52. The van der Waals surface area contributed by atoms with E-state index in [4.69, 9.17) is 0 Å². The molecular weight excluding hydrogens is 242 g/mol. The van der Waals surface area contributed by atoms with Crippen molar-refractivity contribution in [2.45, 2.75) is 13.1 Å². The maximum atomic E-state index is 13.0. The molecule has 0 fully saturated rings. The highest BCUT2D eigenvalue weighted by Gasteiger charge is 2.38. The Balaban J connectivity index is 2.98. The van der Waals surface area contributed by atoms with Crippen molar-refractivity contribution < 1.29 is 27.2 Å². The Morgan fingerprint density at radius 2 is 1.82 bits per heavy atom. The van der Waals surface area contributed by atoms with Crippen molar-refractivity contribution in [1.82, 2.24) is 0 Å². The van der Waals surface area contributed by atoms with Gasteiger partial charge in [0, 0.05) is 5.69 Å². The Labute approximate surface area is 93.4 Å². The van der Waals surface area contributed by atoms with Gasteiger partial charge in [-0.3, -0.25) is 9.59 Å². The lowest BCUT2D eigenvalue weighted by Gasteiger charge is -2.08. The maximum absolute atomic E-state index is 13.0. The molecule has 1 aromatic rings. The van der Waals surface area contributed by atoms with Crippen LogP contribution in [0.3, 0.4) is 0 Å². The molecule has 0 aliphatic carbocycles. The van der Waals surface area contributed by atoms with E-state index in [2.05, 4.69) is 0 Å². The topological polar surface area (TPSA) is 46.2 Å². The fraction of sp³-hybridized carbons (Fsp3) is 0.200. The number of rotatable bonds is 2. The van der Waals surface area contributed by atoms with E-state index < -0.39 is 23.7 Å². The average Bonchev–Trinajstić information content (AvgIpc) is 2.19. The quantitative estimate of drug-likeness (QED) is 0.646. The van der Waals surface area contributed by atoms with Gasteiger partial charge in [0.1, 0.15) is 5.82 Å². The minimum atomic E-state index is -5.04. The molecule has 0 aromatic heterocycles. The summed E-state index contributed by atoms with van der Waals surface area (Å²) in [6, 6.07) is 2.59. The lowest BCUT2D eigenvalue weighted by Crippen LogP contribution is -2.30. The predicted octanol–water partition coefficient (Wildman–Crippen LogP) is 2.53. The van der Waals surface area contributed by atoms with Crippen molar-refractivity contribution in [2.24, 2.45) is 0 Å². The number of anilines is 1. The molecule has 0 aliphatic heterocycles. The van der Waals surface area contributed by atoms with Crippen LogP contribution in [-0.4, -0.2) is 17.9 Å². The largest absolute Gasteiger partial charge is 0.471 e. The number of carbonyl (C=O) groups is 2. The lowest BCUT2D eigenvalue weighted by molar-refractivity contribution is -0.167. The number of nitrogens with one attached hydrogen (secondary N) is 1. The van der Waals surface area contributed by atoms with E-state index in [1.54, 1.807) is 0 Å². The molecule has 0 unspecified atom stereocenters. The molecule has 1 rings (SSSR count). The first-order valence-corrected chi connectivity index (χ1v) is 4.40. The Kier molecular flexibility index (Phi) is 3.50. The standard InChI is InChI=1S/C10H7F4NO2/c1-5(16)7-4-6(2-3-8(7)11)15-9(17)10(12,13)14/h2-4H,1H3,(H,15,17). The first-order chi connectivity index (χ1) is 7.71. The van der Waals surface area contributed by atoms with Gasteiger partial charge in [0.2, 0.25) is 0 Å². The fourth-order valence-electron chi connectivity index (χ4n) is 1.07. The number of benzene rings is 1. The lowest BCUT2D eigenvalue weighted by atomic mass is 10.1. The number of ketones is 1. The van der Waals surface area contributed by atoms with Crippen LogP contribution in [0, 0.1) is 5.82 Å². The van der Waals surface area contributed by atoms with Crippen LogP contribution in [0.25, 0.3) is 0 Å². The second-order valence-corrected chi connectivity index (χ2v) is 3.20. The van der Waals surface area contributed by atoms with Gasteiger partial charge >= 0.3 is 12.1 Å². The number of Topliss-reactive ketones (excluding diaryl/α,β-unsaturated/α-hetero) is 1. The highest BCUT2D eigenvalue weighted by atomic mass is 19.4. The molecule has 0 atom stereocenters. The molecule has 0 saturated carbocycles. The van der Waals surface area contributed by atoms with Gasteiger partial charge in [-0.05, 0) is 25.1 Å². The second kappa shape index (κ2) is 4.52. The van der Waals surface area contributed by atoms with E-state index in [0.29, 0.717) is 0 Å². The SMILES string of the molecule is CC(=O)c1cc(NC(=O)C(F)(F)F)ccc1F. The van der Waals surface area contributed by atoms with E-state index in [9.17, 15) is 27.2 Å². The van der Waals surface area contributed by atoms with Crippen LogP contribution in [0.4, 0.5) is 23.2 Å². The molecule has 0 heterocycles. The molecule has 0 bridgehead atoms. The van der Waals surface area contributed by atoms with Crippen molar-refractivity contribution in [3.63, 3.8) is 0 Å². The summed E-state index contributed by atoms with van der Waals surface area (Å²) in [5.41, 5.74) is -0.677. The highest BCUT2D eigenvalue weighted by Crippen LogP contribution is 2.20. The Hall–Kier alpha value is -1.92. The molecule has 7 heteroatoms. The summed E-state index contributed by atoms with van der Waals surface area (Å²) in [6.45, 7) is 1.06. The minimum Gasteiger partial charge on any atom is -0.318 e. The molecule has 17 heavy (non-hydrogen) atoms. The number of amides is 1. The zero-order valence-corrected chi connectivity index (χ0v) is 8.56. The number of hydrogen-bond acceptors (Lipinski definition) is 2. The first kappa shape index (κ1) is 13.1. The molecule has 1 aromatic carbocycles. The summed E-state index contributed by atoms with van der Waals surface area (Å²) in [7, 11) is 0. The monoisotopic (exact) mass is 249 g/mol. The number of halogens is 4. The average molecular weight is 249 g/mol. The van der Waals surface area contributed by atoms with Crippen LogP contribution in [0.1, 0.15) is 17.3 Å². The third kappa shape index (κ3) is 3.27. The van der Waals surface area contributed by atoms with Gasteiger partial charge in [-0.1, -0.05) is 0 Å². The fourth-order valence-corrected chi connectivity index (χ4v) is 1.07. The van der Waals surface area contributed by atoms with Crippen LogP contribution in [0.5, 0.6) is 0 Å². The molecule has 92 valence electrons. The minimum absolute atomic E-state index is 0.293. The maximum Gasteiger partial charge on any atom is 0.471 e. The van der Waals surface area contributed by atoms with Gasteiger partial charge < -0.3 is 5.32 Å². The molecule has 0 saturated heterocycles. The van der Waals surface area contributed by atoms with Crippen molar-refractivity contribution in [2.75, 3.05) is 5.32 Å². The molecule has 0 radical (unpaired) electrons. The van der Waals surface area contributed by atoms with E-state index >= 15 is 0 Å². The summed E-state index contributed by atoms with van der Waals surface area (Å²) in [5.74, 6) is -3.69. The van der Waals surface area contributed by atoms with Gasteiger partial charge in [0.15, 0.2) is 5.78 Å². The summed E-state index contributed by atoms with van der Waals surface area (Å²) in [4.78, 5) is 21.5. The van der Waals surface area contributed by atoms with Crippen LogP contribution in [-0.2, 0) is 4.79 Å². The molecule has 1 N–H and O–H groups in total. The smallest absolute Gasteiger partial charge is 0.318 e. The number of hydrogen-bond donors (Lipinski definition) is 1. The van der Waals surface area contributed by atoms with Gasteiger partial charge in [-0.2, -0.15) is 13.2 Å². The molecule has 1 amide bonds. The molecule has 0 aliphatic rings. The summed E-state index contributed by atoms with van der Waals surface area (Å²) < 4.78 is 48.8. The predicted molar refractivity (Wildman–Crippen MR) is 51.1 cm³/mol. The molecule has 3 nitrogen and oxygen atoms in total. The van der Waals surface area contributed by atoms with Gasteiger partial charge in [0.25, 0.3) is 0 Å². The van der Waals surface area contributed by atoms with Crippen LogP contribution < -0.4 is 5.32 Å². The first-order valence-electron chi connectivity index (χ1n) is 4.40. The molecule has 0 spiro atoms. The third-order valence-corrected chi connectivity index (χ3v) is 1.86. The number of carbonyl (C=O) groups excluding carboxylic acids is 2. The molecular formula is C10H7F4NO2. The second-order valence-electron chi connectivity index (χ2n) is 3.20. The zero-order valence-electron chi connectivity index (χ0n) is 8.56. The normalized spacial score (nSPS) is 11.1. The Bertz CT molecular complexity index is 468. The van der Waals surface area contributed by atoms with Crippen molar-refractivity contribution in [3.05, 3.63) is 29.6 Å². The number of alkyl halides is 3. The van der Waals surface area contributed by atoms with Gasteiger partial charge in [-0.15, -0.1) is 0 Å². The Morgan fingerprint density at radius 3 is 2.29 bits per heavy atom. The van der Waals surface area contributed by atoms with Crippen molar-refractivity contribution in [1.29, 1.82) is 0 Å². The van der Waals surface area contributed by atoms with Crippen LogP contribution in [0.15, 0.2) is 18.2 Å². The van der Waals surface area contributed by atoms with E-state index in [1.807, 2.05) is 0 Å². The van der Waals surface area contributed by atoms with Gasteiger partial charge in [-0.25, -0.2) is 4.39 Å². The summed E-state index contributed by atoms with van der Waals surface area (Å²) >= 11 is 0. The Morgan fingerprint density at radius 1 is 1.24 bits per heavy atom. The van der Waals surface area contributed by atoms with E-state index in [-0.39, 0.29) is 11.3 Å². The van der Waals surface area contributed by atoms with Crippen molar-refractivity contribution >= 4 is 17.4 Å². The summed E-state index contributed by atoms with van der Waals surface area (Å²) in [6.07, 6.45) is -5.04. The van der Waals surface area contributed by atoms with Crippen LogP contribution in [0.2, 0.25) is 0 Å².